The number of aromatic nitrogens is 1. The van der Waals surface area contributed by atoms with Crippen LogP contribution in [0.15, 0.2) is 79.1 Å². The molecule has 258 valence electrons. The second kappa shape index (κ2) is 26.3. The van der Waals surface area contributed by atoms with Crippen molar-refractivity contribution in [3.63, 3.8) is 0 Å². The van der Waals surface area contributed by atoms with Gasteiger partial charge in [0.2, 0.25) is 5.91 Å². The van der Waals surface area contributed by atoms with E-state index < -0.39 is 12.0 Å². The van der Waals surface area contributed by atoms with Crippen LogP contribution in [0.25, 0.3) is 0 Å². The largest absolute Gasteiger partial charge is 0.480 e. The second-order valence-corrected chi connectivity index (χ2v) is 11.6. The van der Waals surface area contributed by atoms with Crippen LogP contribution in [0.5, 0.6) is 0 Å². The fraction of sp³-hybridized carbons (Fsp3) is 0.526. The van der Waals surface area contributed by atoms with Gasteiger partial charge in [0.1, 0.15) is 6.04 Å². The number of carbonyl (C=O) groups excluding carboxylic acids is 2. The van der Waals surface area contributed by atoms with E-state index in [9.17, 15) is 19.5 Å². The lowest BCUT2D eigenvalue weighted by molar-refractivity contribution is -0.142. The highest BCUT2D eigenvalue weighted by Crippen LogP contribution is 2.07. The first-order chi connectivity index (χ1) is 23.0. The van der Waals surface area contributed by atoms with Gasteiger partial charge >= 0.3 is 5.97 Å². The van der Waals surface area contributed by atoms with Gasteiger partial charge in [-0.3, -0.25) is 19.5 Å². The van der Waals surface area contributed by atoms with Crippen molar-refractivity contribution in [3.05, 3.63) is 90.3 Å². The maximum atomic E-state index is 12.5. The van der Waals surface area contributed by atoms with Crippen molar-refractivity contribution in [3.8, 4) is 0 Å². The SMILES string of the molecule is CC/C=C\C/C=C\C/C=C\C/C=C\C/C=C\CCCC(=O)N[C@@H](CCCCNC(=O)c1ccc(CCN2CCOCC2)nc1)C(=O)O. The van der Waals surface area contributed by atoms with Crippen molar-refractivity contribution in [1.82, 2.24) is 20.5 Å². The number of allylic oxidation sites excluding steroid dienone is 10. The molecular weight excluding hydrogens is 592 g/mol. The molecular formula is C38H56N4O5. The molecule has 0 unspecified atom stereocenters. The molecule has 1 saturated heterocycles. The first kappa shape index (κ1) is 39.4. The summed E-state index contributed by atoms with van der Waals surface area (Å²) >= 11 is 0. The van der Waals surface area contributed by atoms with Crippen molar-refractivity contribution >= 4 is 17.8 Å². The fourth-order valence-electron chi connectivity index (χ4n) is 4.85. The Hall–Kier alpha value is -3.82. The van der Waals surface area contributed by atoms with E-state index in [1.807, 2.05) is 6.07 Å². The number of carbonyl (C=O) groups is 3. The lowest BCUT2D eigenvalue weighted by Gasteiger charge is -2.26. The van der Waals surface area contributed by atoms with Gasteiger partial charge in [-0.25, -0.2) is 4.79 Å². The number of ether oxygens (including phenoxy) is 1. The molecule has 0 radical (unpaired) electrons. The molecule has 2 amide bonds. The molecule has 0 saturated carbocycles. The van der Waals surface area contributed by atoms with Crippen LogP contribution in [0.3, 0.4) is 0 Å². The van der Waals surface area contributed by atoms with Gasteiger partial charge in [0, 0.05) is 50.9 Å². The summed E-state index contributed by atoms with van der Waals surface area (Å²) in [6, 6.07) is 2.74. The summed E-state index contributed by atoms with van der Waals surface area (Å²) in [6.07, 6.45) is 31.9. The van der Waals surface area contributed by atoms with Gasteiger partial charge in [0.25, 0.3) is 5.91 Å². The third-order valence-electron chi connectivity index (χ3n) is 7.65. The zero-order valence-electron chi connectivity index (χ0n) is 28.3. The number of hydrogen-bond donors (Lipinski definition) is 3. The minimum atomic E-state index is -1.04. The highest BCUT2D eigenvalue weighted by atomic mass is 16.5. The third kappa shape index (κ3) is 20.1. The summed E-state index contributed by atoms with van der Waals surface area (Å²) in [6.45, 7) is 6.89. The summed E-state index contributed by atoms with van der Waals surface area (Å²) in [7, 11) is 0. The molecule has 9 heteroatoms. The Morgan fingerprint density at radius 3 is 2.13 bits per heavy atom. The number of carboxylic acid groups (broad SMARTS) is 1. The monoisotopic (exact) mass is 648 g/mol. The molecule has 0 aliphatic carbocycles. The van der Waals surface area contributed by atoms with Gasteiger partial charge in [-0.15, -0.1) is 0 Å². The molecule has 0 spiro atoms. The van der Waals surface area contributed by atoms with Gasteiger partial charge < -0.3 is 20.5 Å². The van der Waals surface area contributed by atoms with Gasteiger partial charge in [-0.2, -0.15) is 0 Å². The van der Waals surface area contributed by atoms with Crippen molar-refractivity contribution in [2.75, 3.05) is 39.4 Å². The number of nitrogens with zero attached hydrogens (tertiary/aromatic N) is 2. The first-order valence-electron chi connectivity index (χ1n) is 17.3. The molecule has 1 atom stereocenters. The van der Waals surface area contributed by atoms with Crippen LogP contribution in [0.2, 0.25) is 0 Å². The minimum Gasteiger partial charge on any atom is -0.480 e. The van der Waals surface area contributed by atoms with Gasteiger partial charge in [-0.1, -0.05) is 67.7 Å². The summed E-state index contributed by atoms with van der Waals surface area (Å²) in [5.41, 5.74) is 1.45. The number of hydrogen-bond acceptors (Lipinski definition) is 6. The quantitative estimate of drug-likeness (QED) is 0.0883. The molecule has 47 heavy (non-hydrogen) atoms. The van der Waals surface area contributed by atoms with E-state index in [0.29, 0.717) is 37.8 Å². The van der Waals surface area contributed by atoms with Crippen LogP contribution >= 0.6 is 0 Å². The maximum absolute atomic E-state index is 12.5. The van der Waals surface area contributed by atoms with E-state index in [1.54, 1.807) is 12.3 Å². The molecule has 9 nitrogen and oxygen atoms in total. The number of morpholine rings is 1. The highest BCUT2D eigenvalue weighted by Gasteiger charge is 2.19. The smallest absolute Gasteiger partial charge is 0.326 e. The number of aliphatic carboxylic acids is 1. The van der Waals surface area contributed by atoms with Gasteiger partial charge in [0.05, 0.1) is 18.8 Å². The van der Waals surface area contributed by atoms with Crippen LogP contribution in [0.4, 0.5) is 0 Å². The second-order valence-electron chi connectivity index (χ2n) is 11.6. The van der Waals surface area contributed by atoms with Gasteiger partial charge in [-0.05, 0) is 76.3 Å². The van der Waals surface area contributed by atoms with Crippen molar-refractivity contribution in [1.29, 1.82) is 0 Å². The molecule has 1 aromatic heterocycles. The zero-order chi connectivity index (χ0) is 33.8. The minimum absolute atomic E-state index is 0.201. The normalized spacial score (nSPS) is 15.0. The Morgan fingerprint density at radius 1 is 0.894 bits per heavy atom. The zero-order valence-corrected chi connectivity index (χ0v) is 28.3. The van der Waals surface area contributed by atoms with E-state index in [4.69, 9.17) is 4.74 Å². The van der Waals surface area contributed by atoms with Crippen molar-refractivity contribution in [2.24, 2.45) is 0 Å². The Kier molecular flexibility index (Phi) is 22.0. The Labute approximate surface area is 281 Å². The summed E-state index contributed by atoms with van der Waals surface area (Å²) in [4.78, 5) is 43.2. The molecule has 1 aliphatic heterocycles. The van der Waals surface area contributed by atoms with Crippen LogP contribution < -0.4 is 10.6 Å². The van der Waals surface area contributed by atoms with E-state index in [2.05, 4.69) is 88.2 Å². The number of pyridine rings is 1. The molecule has 0 aromatic carbocycles. The lowest BCUT2D eigenvalue weighted by atomic mass is 10.1. The molecule has 1 aliphatic rings. The molecule has 0 bridgehead atoms. The molecule has 2 rings (SSSR count). The third-order valence-corrected chi connectivity index (χ3v) is 7.65. The molecule has 2 heterocycles. The van der Waals surface area contributed by atoms with Crippen LogP contribution in [0.1, 0.15) is 93.6 Å². The highest BCUT2D eigenvalue weighted by molar-refractivity contribution is 5.93. The molecule has 1 aromatic rings. The Bertz CT molecular complexity index is 1170. The average Bonchev–Trinajstić information content (AvgIpc) is 3.08. The Morgan fingerprint density at radius 2 is 1.53 bits per heavy atom. The lowest BCUT2D eigenvalue weighted by Crippen LogP contribution is -2.40. The van der Waals surface area contributed by atoms with Crippen LogP contribution in [-0.2, 0) is 20.7 Å². The first-order valence-corrected chi connectivity index (χ1v) is 17.3. The topological polar surface area (TPSA) is 121 Å². The number of rotatable bonds is 24. The standard InChI is InChI=1S/C38H56N4O5/c1-2-3-4-5-6-7-8-9-10-11-12-13-14-15-16-17-18-22-36(43)41-35(38(45)46)21-19-20-26-39-37(44)33-23-24-34(40-32-33)25-27-42-28-30-47-31-29-42/h3-4,6-7,9-10,12-13,15-16,23-24,32,35H,2,5,8,11,14,17-22,25-31H2,1H3,(H,39,44)(H,41,43)(H,45,46)/b4-3-,7-6-,10-9-,13-12-,16-15-/t35-/m0/s1. The molecule has 1 fully saturated rings. The number of amides is 2. The maximum Gasteiger partial charge on any atom is 0.326 e. The van der Waals surface area contributed by atoms with E-state index in [1.165, 1.54) is 0 Å². The van der Waals surface area contributed by atoms with Crippen LogP contribution in [0, 0.1) is 0 Å². The van der Waals surface area contributed by atoms with Gasteiger partial charge in [0.15, 0.2) is 0 Å². The molecule has 3 N–H and O–H groups in total. The fourth-order valence-corrected chi connectivity index (χ4v) is 4.85. The summed E-state index contributed by atoms with van der Waals surface area (Å²) in [5, 5.41) is 15.1. The summed E-state index contributed by atoms with van der Waals surface area (Å²) in [5.74, 6) is -1.49. The van der Waals surface area contributed by atoms with E-state index in [0.717, 1.165) is 83.5 Å². The number of unbranched alkanes of at least 4 members (excludes halogenated alkanes) is 2. The average molecular weight is 649 g/mol. The Balaban J connectivity index is 1.51. The van der Waals surface area contributed by atoms with Crippen molar-refractivity contribution in [2.45, 2.75) is 90.0 Å². The number of nitrogens with one attached hydrogen (secondary N) is 2. The van der Waals surface area contributed by atoms with E-state index >= 15 is 0 Å². The number of carboxylic acids is 1. The van der Waals surface area contributed by atoms with Crippen molar-refractivity contribution < 1.29 is 24.2 Å². The van der Waals surface area contributed by atoms with Crippen LogP contribution in [-0.4, -0.2) is 78.2 Å². The predicted octanol–water partition coefficient (Wildman–Crippen LogP) is 6.35. The predicted molar refractivity (Wildman–Crippen MR) is 189 cm³/mol. The van der Waals surface area contributed by atoms with E-state index in [-0.39, 0.29) is 18.2 Å². The summed E-state index contributed by atoms with van der Waals surface area (Å²) < 4.78 is 5.37.